The second kappa shape index (κ2) is 13.0. The summed E-state index contributed by atoms with van der Waals surface area (Å²) in [7, 11) is 10.8. The Hall–Kier alpha value is -2.52. The zero-order valence-electron chi connectivity index (χ0n) is 26.1. The number of aliphatic hydroxyl groups is 2. The normalized spacial score (nSPS) is 19.6. The molecule has 0 spiro atoms. The summed E-state index contributed by atoms with van der Waals surface area (Å²) in [5, 5.41) is 21.4. The number of benzene rings is 2. The summed E-state index contributed by atoms with van der Waals surface area (Å²) < 4.78 is 21.6. The molecule has 2 N–H and O–H groups in total. The van der Waals surface area contributed by atoms with Crippen molar-refractivity contribution in [3.8, 4) is 23.0 Å². The van der Waals surface area contributed by atoms with Gasteiger partial charge >= 0.3 is 0 Å². The molecule has 2 aromatic rings. The first-order valence-electron chi connectivity index (χ1n) is 14.2. The van der Waals surface area contributed by atoms with E-state index in [-0.39, 0.29) is 11.8 Å². The van der Waals surface area contributed by atoms with Crippen LogP contribution in [0, 0.1) is 0 Å². The fourth-order valence-electron chi connectivity index (χ4n) is 6.13. The van der Waals surface area contributed by atoms with Crippen LogP contribution in [0.4, 0.5) is 0 Å². The van der Waals surface area contributed by atoms with Gasteiger partial charge in [0.25, 0.3) is 0 Å². The van der Waals surface area contributed by atoms with Crippen LogP contribution < -0.4 is 18.9 Å². The molecule has 0 aromatic heterocycles. The Bertz CT molecular complexity index is 1140. The zero-order chi connectivity index (χ0) is 29.8. The third-order valence-electron chi connectivity index (χ3n) is 8.64. The molecule has 0 bridgehead atoms. The highest BCUT2D eigenvalue weighted by Gasteiger charge is 2.39. The number of fused-ring (bicyclic) bond motifs is 2. The first kappa shape index (κ1) is 32.0. The number of nitrogens with zero attached hydrogens (tertiary/aromatic N) is 2. The van der Waals surface area contributed by atoms with Gasteiger partial charge in [-0.1, -0.05) is 13.8 Å². The first-order valence-corrected chi connectivity index (χ1v) is 14.2. The number of hydrogen-bond donors (Lipinski definition) is 2. The molecule has 0 saturated carbocycles. The van der Waals surface area contributed by atoms with Crippen molar-refractivity contribution in [2.24, 2.45) is 0 Å². The summed E-state index contributed by atoms with van der Waals surface area (Å²) in [4.78, 5) is 4.48. The van der Waals surface area contributed by atoms with Crippen molar-refractivity contribution in [1.29, 1.82) is 0 Å². The molecular weight excluding hydrogens is 508 g/mol. The van der Waals surface area contributed by atoms with E-state index in [4.69, 9.17) is 18.9 Å². The third-order valence-corrected chi connectivity index (χ3v) is 8.64. The third kappa shape index (κ3) is 6.68. The van der Waals surface area contributed by atoms with Gasteiger partial charge in [0.2, 0.25) is 0 Å². The van der Waals surface area contributed by atoms with E-state index in [9.17, 15) is 10.2 Å². The first-order chi connectivity index (χ1) is 18.8. The fourth-order valence-corrected chi connectivity index (χ4v) is 6.13. The van der Waals surface area contributed by atoms with Crippen molar-refractivity contribution >= 4 is 0 Å². The smallest absolute Gasteiger partial charge is 0.161 e. The Morgan fingerprint density at radius 2 is 1.02 bits per heavy atom. The Morgan fingerprint density at radius 1 is 0.675 bits per heavy atom. The van der Waals surface area contributed by atoms with E-state index in [0.717, 1.165) is 67.6 Å². The second-order valence-electron chi connectivity index (χ2n) is 11.8. The molecular formula is C32H50N2O6. The average molecular weight is 559 g/mol. The summed E-state index contributed by atoms with van der Waals surface area (Å²) in [6.45, 7) is 11.3. The van der Waals surface area contributed by atoms with Gasteiger partial charge in [0, 0.05) is 38.0 Å². The number of hydrogen-bond acceptors (Lipinski definition) is 8. The van der Waals surface area contributed by atoms with Crippen molar-refractivity contribution in [3.63, 3.8) is 0 Å². The molecule has 8 nitrogen and oxygen atoms in total. The van der Waals surface area contributed by atoms with Gasteiger partial charge in [0.05, 0.1) is 39.6 Å². The van der Waals surface area contributed by atoms with E-state index in [0.29, 0.717) is 0 Å². The van der Waals surface area contributed by atoms with E-state index in [2.05, 4.69) is 37.7 Å². The average Bonchev–Trinajstić information content (AvgIpc) is 2.94. The van der Waals surface area contributed by atoms with Crippen LogP contribution in [0.25, 0.3) is 0 Å². The van der Waals surface area contributed by atoms with E-state index in [1.165, 1.54) is 16.7 Å². The van der Waals surface area contributed by atoms with Crippen LogP contribution >= 0.6 is 0 Å². The molecule has 2 aliphatic heterocycles. The van der Waals surface area contributed by atoms with Gasteiger partial charge in [0.15, 0.2) is 23.0 Å². The molecule has 2 aliphatic rings. The Balaban J connectivity index is 0.000000222. The summed E-state index contributed by atoms with van der Waals surface area (Å²) >= 11 is 0. The maximum atomic E-state index is 11.0. The maximum Gasteiger partial charge on any atom is 0.161 e. The second-order valence-corrected chi connectivity index (χ2v) is 11.8. The van der Waals surface area contributed by atoms with Gasteiger partial charge in [-0.25, -0.2) is 0 Å². The van der Waals surface area contributed by atoms with E-state index >= 15 is 0 Å². The lowest BCUT2D eigenvalue weighted by molar-refractivity contribution is -0.0100. The SMILES string of the molecule is CCC(O)(CC)C1CN(C)Cc2cc(OC)c(OC)cc21.COc1cc2c(cc1OC)C(C(C)(C)O)CN(C)C2. The van der Waals surface area contributed by atoms with Gasteiger partial charge in [-0.15, -0.1) is 0 Å². The molecule has 0 saturated heterocycles. The number of methoxy groups -OCH3 is 4. The van der Waals surface area contributed by atoms with Gasteiger partial charge in [0.1, 0.15) is 0 Å². The van der Waals surface area contributed by atoms with Crippen molar-refractivity contribution in [1.82, 2.24) is 9.80 Å². The van der Waals surface area contributed by atoms with E-state index < -0.39 is 11.2 Å². The largest absolute Gasteiger partial charge is 0.493 e. The fraction of sp³-hybridized carbons (Fsp3) is 0.625. The van der Waals surface area contributed by atoms with Crippen LogP contribution in [-0.4, -0.2) is 86.8 Å². The summed E-state index contributed by atoms with van der Waals surface area (Å²) in [6.07, 6.45) is 1.49. The predicted octanol–water partition coefficient (Wildman–Crippen LogP) is 4.79. The highest BCUT2D eigenvalue weighted by atomic mass is 16.5. The summed E-state index contributed by atoms with van der Waals surface area (Å²) in [5.74, 6) is 3.12. The molecule has 0 aliphatic carbocycles. The molecule has 0 fully saturated rings. The lowest BCUT2D eigenvalue weighted by Gasteiger charge is -2.42. The van der Waals surface area contributed by atoms with Crippen LogP contribution in [0.1, 0.15) is 74.6 Å². The lowest BCUT2D eigenvalue weighted by atomic mass is 9.75. The van der Waals surface area contributed by atoms with E-state index in [1.54, 1.807) is 28.4 Å². The number of likely N-dealkylation sites (N-methyl/N-ethyl adjacent to an activating group) is 2. The molecule has 2 heterocycles. The van der Waals surface area contributed by atoms with Crippen molar-refractivity contribution < 1.29 is 29.2 Å². The molecule has 4 rings (SSSR count). The number of rotatable bonds is 8. The molecule has 2 aromatic carbocycles. The summed E-state index contributed by atoms with van der Waals surface area (Å²) in [6, 6.07) is 8.11. The predicted molar refractivity (Wildman–Crippen MR) is 159 cm³/mol. The minimum Gasteiger partial charge on any atom is -0.493 e. The van der Waals surface area contributed by atoms with Crippen LogP contribution in [-0.2, 0) is 13.1 Å². The van der Waals surface area contributed by atoms with Gasteiger partial charge in [-0.3, -0.25) is 0 Å². The van der Waals surface area contributed by atoms with Crippen LogP contribution in [0.3, 0.4) is 0 Å². The van der Waals surface area contributed by atoms with Crippen LogP contribution in [0.15, 0.2) is 24.3 Å². The minimum absolute atomic E-state index is 0.0704. The Morgan fingerprint density at radius 3 is 1.38 bits per heavy atom. The topological polar surface area (TPSA) is 83.9 Å². The van der Waals surface area contributed by atoms with Gasteiger partial charge in [-0.05, 0) is 87.3 Å². The minimum atomic E-state index is -0.761. The highest BCUT2D eigenvalue weighted by Crippen LogP contribution is 2.44. The highest BCUT2D eigenvalue weighted by molar-refractivity contribution is 5.51. The number of ether oxygens (including phenoxy) is 4. The van der Waals surface area contributed by atoms with Crippen LogP contribution in [0.2, 0.25) is 0 Å². The molecule has 0 amide bonds. The summed E-state index contributed by atoms with van der Waals surface area (Å²) in [5.41, 5.74) is 3.32. The van der Waals surface area contributed by atoms with Crippen molar-refractivity contribution in [2.75, 3.05) is 55.6 Å². The Labute approximate surface area is 240 Å². The van der Waals surface area contributed by atoms with E-state index in [1.807, 2.05) is 38.1 Å². The standard InChI is InChI=1S/C17H27NO3.C15H23NO3/c1-6-17(19,7-2)14-11-18(3)10-12-8-15(20-4)16(21-5)9-13(12)14;1-15(2,17)12-9-16(3)8-10-6-13(18-4)14(19-5)7-11(10)12/h8-9,14,19H,6-7,10-11H2,1-5H3;6-7,12,17H,8-9H2,1-5H3. The van der Waals surface area contributed by atoms with Gasteiger partial charge < -0.3 is 39.0 Å². The monoisotopic (exact) mass is 558 g/mol. The maximum absolute atomic E-state index is 11.0. The van der Waals surface area contributed by atoms with Crippen molar-refractivity contribution in [3.05, 3.63) is 46.5 Å². The molecule has 2 atom stereocenters. The van der Waals surface area contributed by atoms with Crippen molar-refractivity contribution in [2.45, 2.75) is 76.7 Å². The molecule has 2 unspecified atom stereocenters. The Kier molecular flexibility index (Phi) is 10.4. The molecule has 8 heteroatoms. The lowest BCUT2D eigenvalue weighted by Crippen LogP contribution is -2.44. The van der Waals surface area contributed by atoms with Gasteiger partial charge in [-0.2, -0.15) is 0 Å². The molecule has 40 heavy (non-hydrogen) atoms. The molecule has 224 valence electrons. The zero-order valence-corrected chi connectivity index (χ0v) is 26.1. The quantitative estimate of drug-likeness (QED) is 0.479. The molecule has 0 radical (unpaired) electrons. The van der Waals surface area contributed by atoms with Crippen LogP contribution in [0.5, 0.6) is 23.0 Å².